The number of halogens is 1. The van der Waals surface area contributed by atoms with Crippen LogP contribution < -0.4 is 11.5 Å². The normalized spacial score (nSPS) is 10.7. The van der Waals surface area contributed by atoms with Crippen molar-refractivity contribution in [2.45, 2.75) is 0 Å². The van der Waals surface area contributed by atoms with Crippen molar-refractivity contribution in [2.75, 3.05) is 0 Å². The lowest BCUT2D eigenvalue weighted by Crippen LogP contribution is -2.21. The van der Waals surface area contributed by atoms with E-state index < -0.39 is 0 Å². The van der Waals surface area contributed by atoms with Crippen LogP contribution in [0.25, 0.3) is 10.6 Å². The number of aromatic nitrogens is 1. The summed E-state index contributed by atoms with van der Waals surface area (Å²) in [6.07, 6.45) is 1.45. The molecular formula is C11H10FN5S. The van der Waals surface area contributed by atoms with Gasteiger partial charge in [-0.15, -0.1) is 16.4 Å². The predicted octanol–water partition coefficient (Wildman–Crippen LogP) is 1.56. The fourth-order valence-corrected chi connectivity index (χ4v) is 2.00. The molecule has 0 unspecified atom stereocenters. The lowest BCUT2D eigenvalue weighted by molar-refractivity contribution is 0.628. The molecule has 0 spiro atoms. The molecule has 1 aromatic carbocycles. The van der Waals surface area contributed by atoms with Crippen molar-refractivity contribution < 1.29 is 4.39 Å². The van der Waals surface area contributed by atoms with Crippen molar-refractivity contribution in [1.29, 1.82) is 0 Å². The van der Waals surface area contributed by atoms with E-state index in [1.54, 1.807) is 12.1 Å². The highest BCUT2D eigenvalue weighted by Gasteiger charge is 2.03. The summed E-state index contributed by atoms with van der Waals surface area (Å²) in [7, 11) is 0. The first-order valence-corrected chi connectivity index (χ1v) is 5.86. The van der Waals surface area contributed by atoms with Gasteiger partial charge < -0.3 is 11.5 Å². The van der Waals surface area contributed by atoms with Gasteiger partial charge in [0.15, 0.2) is 0 Å². The number of rotatable bonds is 3. The Bertz CT molecular complexity index is 584. The van der Waals surface area contributed by atoms with E-state index in [1.807, 2.05) is 5.38 Å². The Morgan fingerprint density at radius 1 is 1.28 bits per heavy atom. The average Bonchev–Trinajstić information content (AvgIpc) is 2.78. The molecule has 0 atom stereocenters. The maximum Gasteiger partial charge on any atom is 0.211 e. The molecule has 5 nitrogen and oxygen atoms in total. The summed E-state index contributed by atoms with van der Waals surface area (Å²) in [5.41, 5.74) is 11.7. The van der Waals surface area contributed by atoms with Gasteiger partial charge in [-0.3, -0.25) is 0 Å². The van der Waals surface area contributed by atoms with E-state index in [1.165, 1.54) is 29.7 Å². The molecule has 0 saturated heterocycles. The van der Waals surface area contributed by atoms with Crippen LogP contribution in [0.5, 0.6) is 0 Å². The molecule has 0 bridgehead atoms. The molecule has 0 saturated carbocycles. The first-order chi connectivity index (χ1) is 8.65. The Morgan fingerprint density at radius 3 is 2.67 bits per heavy atom. The van der Waals surface area contributed by atoms with Gasteiger partial charge in [0.1, 0.15) is 10.8 Å². The molecule has 1 aromatic heterocycles. The van der Waals surface area contributed by atoms with E-state index in [0.717, 1.165) is 10.6 Å². The second-order valence-electron chi connectivity index (χ2n) is 3.35. The van der Waals surface area contributed by atoms with Crippen LogP contribution in [0.1, 0.15) is 5.69 Å². The number of benzene rings is 1. The standard InChI is InChI=1S/C11H10FN5S/c12-8-3-1-7(2-4-8)10-16-9(6-18-10)5-15-17-11(13)14/h1-6H,(H4,13,14,17). The molecule has 0 fully saturated rings. The molecule has 1 heterocycles. The van der Waals surface area contributed by atoms with Crippen molar-refractivity contribution in [1.82, 2.24) is 4.98 Å². The van der Waals surface area contributed by atoms with Crippen molar-refractivity contribution in [3.63, 3.8) is 0 Å². The molecule has 0 amide bonds. The zero-order valence-electron chi connectivity index (χ0n) is 9.25. The number of nitrogens with two attached hydrogens (primary N) is 2. The Balaban J connectivity index is 2.18. The molecule has 4 N–H and O–H groups in total. The summed E-state index contributed by atoms with van der Waals surface area (Å²) in [4.78, 5) is 4.30. The SMILES string of the molecule is NC(N)=NN=Cc1csc(-c2ccc(F)cc2)n1. The lowest BCUT2D eigenvalue weighted by Gasteiger charge is -1.94. The predicted molar refractivity (Wildman–Crippen MR) is 70.9 cm³/mol. The van der Waals surface area contributed by atoms with Crippen molar-refractivity contribution in [3.05, 3.63) is 41.2 Å². The number of guanidine groups is 1. The summed E-state index contributed by atoms with van der Waals surface area (Å²) in [5.74, 6) is -0.384. The van der Waals surface area contributed by atoms with Crippen LogP contribution in [0.15, 0.2) is 39.8 Å². The molecule has 0 aliphatic heterocycles. The van der Waals surface area contributed by atoms with Crippen LogP contribution in [-0.4, -0.2) is 17.2 Å². The van der Waals surface area contributed by atoms with Gasteiger partial charge in [0.2, 0.25) is 5.96 Å². The molecule has 0 aliphatic carbocycles. The molecule has 18 heavy (non-hydrogen) atoms. The molecule has 92 valence electrons. The zero-order valence-corrected chi connectivity index (χ0v) is 10.1. The van der Waals surface area contributed by atoms with Crippen LogP contribution in [0.3, 0.4) is 0 Å². The van der Waals surface area contributed by atoms with Crippen LogP contribution in [0.4, 0.5) is 4.39 Å². The van der Waals surface area contributed by atoms with Gasteiger partial charge in [-0.2, -0.15) is 5.10 Å². The topological polar surface area (TPSA) is 89.7 Å². The number of hydrogen-bond donors (Lipinski definition) is 2. The third kappa shape index (κ3) is 3.11. The van der Waals surface area contributed by atoms with Crippen LogP contribution >= 0.6 is 11.3 Å². The second kappa shape index (κ2) is 5.37. The summed E-state index contributed by atoms with van der Waals surface area (Å²) < 4.78 is 12.8. The van der Waals surface area contributed by atoms with Crippen molar-refractivity contribution in [2.24, 2.45) is 21.7 Å². The molecule has 0 radical (unpaired) electrons. The Kier molecular flexibility index (Phi) is 3.63. The molecule has 2 rings (SSSR count). The largest absolute Gasteiger partial charge is 0.369 e. The molecule has 0 aliphatic rings. The number of thiazole rings is 1. The summed E-state index contributed by atoms with van der Waals surface area (Å²) in [6, 6.07) is 6.13. The Hall–Kier alpha value is -2.28. The minimum atomic E-state index is -0.273. The maximum atomic E-state index is 12.8. The zero-order chi connectivity index (χ0) is 13.0. The van der Waals surface area contributed by atoms with E-state index in [4.69, 9.17) is 11.5 Å². The summed E-state index contributed by atoms with van der Waals surface area (Å²) in [6.45, 7) is 0. The molecule has 7 heteroatoms. The first kappa shape index (κ1) is 12.2. The van der Waals surface area contributed by atoms with Crippen molar-refractivity contribution in [3.8, 4) is 10.6 Å². The number of hydrogen-bond acceptors (Lipinski definition) is 4. The maximum absolute atomic E-state index is 12.8. The van der Waals surface area contributed by atoms with Gasteiger partial charge in [0.05, 0.1) is 11.9 Å². The highest BCUT2D eigenvalue weighted by Crippen LogP contribution is 2.23. The van der Waals surface area contributed by atoms with Gasteiger partial charge in [-0.1, -0.05) is 0 Å². The first-order valence-electron chi connectivity index (χ1n) is 4.98. The van der Waals surface area contributed by atoms with Gasteiger partial charge >= 0.3 is 0 Å². The fraction of sp³-hybridized carbons (Fsp3) is 0. The van der Waals surface area contributed by atoms with E-state index >= 15 is 0 Å². The van der Waals surface area contributed by atoms with E-state index in [2.05, 4.69) is 15.2 Å². The second-order valence-corrected chi connectivity index (χ2v) is 4.21. The van der Waals surface area contributed by atoms with Gasteiger partial charge in [-0.05, 0) is 24.3 Å². The Labute approximate surface area is 107 Å². The van der Waals surface area contributed by atoms with Gasteiger partial charge in [-0.25, -0.2) is 9.37 Å². The minimum Gasteiger partial charge on any atom is -0.369 e. The summed E-state index contributed by atoms with van der Waals surface area (Å²) >= 11 is 1.43. The van der Waals surface area contributed by atoms with Gasteiger partial charge in [0.25, 0.3) is 0 Å². The molecular weight excluding hydrogens is 253 g/mol. The van der Waals surface area contributed by atoms with Crippen LogP contribution in [-0.2, 0) is 0 Å². The highest BCUT2D eigenvalue weighted by atomic mass is 32.1. The van der Waals surface area contributed by atoms with Crippen LogP contribution in [0, 0.1) is 5.82 Å². The molecule has 2 aromatic rings. The number of nitrogens with zero attached hydrogens (tertiary/aromatic N) is 3. The van der Waals surface area contributed by atoms with Crippen LogP contribution in [0.2, 0.25) is 0 Å². The lowest BCUT2D eigenvalue weighted by atomic mass is 10.2. The smallest absolute Gasteiger partial charge is 0.211 e. The fourth-order valence-electron chi connectivity index (χ4n) is 1.23. The Morgan fingerprint density at radius 2 is 2.00 bits per heavy atom. The van der Waals surface area contributed by atoms with Gasteiger partial charge in [0, 0.05) is 10.9 Å². The quantitative estimate of drug-likeness (QED) is 0.500. The van der Waals surface area contributed by atoms with Crippen molar-refractivity contribution >= 4 is 23.5 Å². The third-order valence-electron chi connectivity index (χ3n) is 1.98. The van der Waals surface area contributed by atoms with E-state index in [9.17, 15) is 4.39 Å². The monoisotopic (exact) mass is 263 g/mol. The summed E-state index contributed by atoms with van der Waals surface area (Å²) in [5, 5.41) is 9.72. The van der Waals surface area contributed by atoms with E-state index in [-0.39, 0.29) is 11.8 Å². The third-order valence-corrected chi connectivity index (χ3v) is 2.89. The highest BCUT2D eigenvalue weighted by molar-refractivity contribution is 7.13. The minimum absolute atomic E-state index is 0.111. The van der Waals surface area contributed by atoms with E-state index in [0.29, 0.717) is 5.69 Å². The average molecular weight is 263 g/mol.